The van der Waals surface area contributed by atoms with Gasteiger partial charge >= 0.3 is 6.18 Å². The second-order valence-electron chi connectivity index (χ2n) is 4.47. The minimum atomic E-state index is -4.41. The molecule has 1 amide bonds. The average molecular weight is 332 g/mol. The van der Waals surface area contributed by atoms with Crippen LogP contribution in [0.25, 0.3) is 0 Å². The van der Waals surface area contributed by atoms with Crippen LogP contribution in [0.1, 0.15) is 21.5 Å². The summed E-state index contributed by atoms with van der Waals surface area (Å²) in [6, 6.07) is 8.15. The Morgan fingerprint density at radius 2 is 1.73 bits per heavy atom. The van der Waals surface area contributed by atoms with Gasteiger partial charge < -0.3 is 5.32 Å². The van der Waals surface area contributed by atoms with Crippen LogP contribution in [0.2, 0.25) is 5.02 Å². The first kappa shape index (κ1) is 16.3. The van der Waals surface area contributed by atoms with E-state index < -0.39 is 23.5 Å². The lowest BCUT2D eigenvalue weighted by Crippen LogP contribution is -2.24. The van der Waals surface area contributed by atoms with Crippen LogP contribution < -0.4 is 5.32 Å². The van der Waals surface area contributed by atoms with Gasteiger partial charge in [0, 0.05) is 6.54 Å². The van der Waals surface area contributed by atoms with Crippen molar-refractivity contribution in [2.45, 2.75) is 12.7 Å². The molecule has 0 saturated carbocycles. The van der Waals surface area contributed by atoms with Gasteiger partial charge in [-0.2, -0.15) is 13.2 Å². The van der Waals surface area contributed by atoms with E-state index in [1.807, 2.05) is 0 Å². The summed E-state index contributed by atoms with van der Waals surface area (Å²) in [6.07, 6.45) is -4.41. The smallest absolute Gasteiger partial charge is 0.348 e. The number of nitrogens with one attached hydrogen (secondary N) is 1. The van der Waals surface area contributed by atoms with Gasteiger partial charge in [-0.05, 0) is 29.8 Å². The Balaban J connectivity index is 2.06. The van der Waals surface area contributed by atoms with Gasteiger partial charge in [0.25, 0.3) is 5.91 Å². The van der Waals surface area contributed by atoms with E-state index >= 15 is 0 Å². The van der Waals surface area contributed by atoms with Crippen LogP contribution in [-0.2, 0) is 12.7 Å². The van der Waals surface area contributed by atoms with E-state index in [1.54, 1.807) is 0 Å². The van der Waals surface area contributed by atoms with Gasteiger partial charge in [0.2, 0.25) is 0 Å². The highest BCUT2D eigenvalue weighted by atomic mass is 35.5. The fourth-order valence-electron chi connectivity index (χ4n) is 1.80. The van der Waals surface area contributed by atoms with Crippen LogP contribution >= 0.6 is 11.6 Å². The van der Waals surface area contributed by atoms with Crippen LogP contribution in [0.4, 0.5) is 17.6 Å². The predicted molar refractivity (Wildman–Crippen MR) is 74.0 cm³/mol. The molecule has 0 bridgehead atoms. The molecule has 0 unspecified atom stereocenters. The summed E-state index contributed by atoms with van der Waals surface area (Å²) < 4.78 is 50.8. The van der Waals surface area contributed by atoms with E-state index in [-0.39, 0.29) is 17.1 Å². The number of rotatable bonds is 3. The molecule has 7 heteroatoms. The Kier molecular flexibility index (Phi) is 4.71. The minimum Gasteiger partial charge on any atom is -0.348 e. The van der Waals surface area contributed by atoms with Crippen LogP contribution in [0.3, 0.4) is 0 Å². The molecule has 2 rings (SSSR count). The number of carbonyl (C=O) groups is 1. The largest absolute Gasteiger partial charge is 0.416 e. The highest BCUT2D eigenvalue weighted by molar-refractivity contribution is 6.33. The molecule has 0 aromatic heterocycles. The van der Waals surface area contributed by atoms with E-state index in [1.165, 1.54) is 24.3 Å². The van der Waals surface area contributed by atoms with Gasteiger partial charge in [-0.25, -0.2) is 4.39 Å². The highest BCUT2D eigenvalue weighted by Gasteiger charge is 2.29. The molecular weight excluding hydrogens is 322 g/mol. The number of alkyl halides is 3. The molecule has 2 aromatic carbocycles. The summed E-state index contributed by atoms with van der Waals surface area (Å²) >= 11 is 5.75. The quantitative estimate of drug-likeness (QED) is 0.828. The molecule has 2 nitrogen and oxygen atoms in total. The molecule has 0 radical (unpaired) electrons. The van der Waals surface area contributed by atoms with Gasteiger partial charge in [0.15, 0.2) is 0 Å². The zero-order chi connectivity index (χ0) is 16.3. The third kappa shape index (κ3) is 3.76. The zero-order valence-electron chi connectivity index (χ0n) is 11.0. The monoisotopic (exact) mass is 331 g/mol. The van der Waals surface area contributed by atoms with Crippen molar-refractivity contribution in [1.29, 1.82) is 0 Å². The van der Waals surface area contributed by atoms with E-state index in [4.69, 9.17) is 11.6 Å². The van der Waals surface area contributed by atoms with Crippen LogP contribution in [0.5, 0.6) is 0 Å². The first-order valence-corrected chi connectivity index (χ1v) is 6.55. The van der Waals surface area contributed by atoms with Crippen molar-refractivity contribution >= 4 is 17.5 Å². The lowest BCUT2D eigenvalue weighted by molar-refractivity contribution is -0.137. The molecular formula is C15H10ClF4NO. The molecule has 0 heterocycles. The average Bonchev–Trinajstić information content (AvgIpc) is 2.44. The molecule has 0 fully saturated rings. The topological polar surface area (TPSA) is 29.1 Å². The van der Waals surface area contributed by atoms with Crippen molar-refractivity contribution in [2.24, 2.45) is 0 Å². The van der Waals surface area contributed by atoms with Crippen LogP contribution in [-0.4, -0.2) is 5.91 Å². The van der Waals surface area contributed by atoms with Gasteiger partial charge in [-0.3, -0.25) is 4.79 Å². The van der Waals surface area contributed by atoms with Crippen molar-refractivity contribution in [3.8, 4) is 0 Å². The summed E-state index contributed by atoms with van der Waals surface area (Å²) in [5.74, 6) is -1.50. The lowest BCUT2D eigenvalue weighted by Gasteiger charge is -2.09. The fourth-order valence-corrected chi connectivity index (χ4v) is 2.05. The summed E-state index contributed by atoms with van der Waals surface area (Å²) in [6.45, 7) is -0.0400. The maximum absolute atomic E-state index is 13.5. The Morgan fingerprint density at radius 3 is 2.27 bits per heavy atom. The molecule has 116 valence electrons. The normalized spacial score (nSPS) is 11.3. The second-order valence-corrected chi connectivity index (χ2v) is 4.88. The second kappa shape index (κ2) is 6.36. The predicted octanol–water partition coefficient (Wildman–Crippen LogP) is 4.43. The third-order valence-electron chi connectivity index (χ3n) is 2.92. The maximum Gasteiger partial charge on any atom is 0.416 e. The van der Waals surface area contributed by atoms with E-state index in [0.29, 0.717) is 5.56 Å². The van der Waals surface area contributed by atoms with Crippen molar-refractivity contribution in [3.63, 3.8) is 0 Å². The third-order valence-corrected chi connectivity index (χ3v) is 3.24. The van der Waals surface area contributed by atoms with Gasteiger partial charge in [-0.1, -0.05) is 29.8 Å². The minimum absolute atomic E-state index is 0.0371. The van der Waals surface area contributed by atoms with E-state index in [9.17, 15) is 22.4 Å². The van der Waals surface area contributed by atoms with Crippen molar-refractivity contribution in [1.82, 2.24) is 5.32 Å². The van der Waals surface area contributed by atoms with E-state index in [2.05, 4.69) is 5.32 Å². The molecule has 0 aliphatic carbocycles. The number of benzene rings is 2. The Hall–Kier alpha value is -2.08. The molecule has 0 aliphatic heterocycles. The number of carbonyl (C=O) groups excluding carboxylic acids is 1. The van der Waals surface area contributed by atoms with Crippen molar-refractivity contribution < 1.29 is 22.4 Å². The van der Waals surface area contributed by atoms with E-state index in [0.717, 1.165) is 18.2 Å². The Bertz CT molecular complexity index is 663. The number of hydrogen-bond donors (Lipinski definition) is 1. The van der Waals surface area contributed by atoms with Gasteiger partial charge in [0.1, 0.15) is 5.82 Å². The van der Waals surface area contributed by atoms with Crippen LogP contribution in [0, 0.1) is 5.82 Å². The molecule has 0 aliphatic rings. The molecule has 0 spiro atoms. The van der Waals surface area contributed by atoms with Crippen LogP contribution in [0.15, 0.2) is 42.5 Å². The molecule has 0 atom stereocenters. The van der Waals surface area contributed by atoms with Gasteiger partial charge in [0.05, 0.1) is 16.1 Å². The molecule has 0 saturated heterocycles. The highest BCUT2D eigenvalue weighted by Crippen LogP contribution is 2.29. The number of hydrogen-bond acceptors (Lipinski definition) is 1. The standard InChI is InChI=1S/C15H10ClF4NO/c16-11-2-1-3-12(17)13(11)14(22)21-8-9-4-6-10(7-5-9)15(18,19)20/h1-7H,8H2,(H,21,22). The molecule has 22 heavy (non-hydrogen) atoms. The SMILES string of the molecule is O=C(NCc1ccc(C(F)(F)F)cc1)c1c(F)cccc1Cl. The fraction of sp³-hybridized carbons (Fsp3) is 0.133. The first-order valence-electron chi connectivity index (χ1n) is 6.17. The summed E-state index contributed by atoms with van der Waals surface area (Å²) in [5, 5.41) is 2.37. The summed E-state index contributed by atoms with van der Waals surface area (Å²) in [7, 11) is 0. The van der Waals surface area contributed by atoms with Gasteiger partial charge in [-0.15, -0.1) is 0 Å². The molecule has 2 aromatic rings. The summed E-state index contributed by atoms with van der Waals surface area (Å²) in [5.41, 5.74) is -0.621. The van der Waals surface area contributed by atoms with Crippen molar-refractivity contribution in [3.05, 3.63) is 70.0 Å². The Morgan fingerprint density at radius 1 is 1.09 bits per heavy atom. The first-order chi connectivity index (χ1) is 10.3. The molecule has 1 N–H and O–H groups in total. The zero-order valence-corrected chi connectivity index (χ0v) is 11.8. The lowest BCUT2D eigenvalue weighted by atomic mass is 10.1. The Labute approximate surface area is 128 Å². The maximum atomic E-state index is 13.5. The summed E-state index contributed by atoms with van der Waals surface area (Å²) in [4.78, 5) is 11.9. The number of halogens is 5. The number of amides is 1. The van der Waals surface area contributed by atoms with Crippen molar-refractivity contribution in [2.75, 3.05) is 0 Å².